The Labute approximate surface area is 62.4 Å². The number of rotatable bonds is 1. The van der Waals surface area contributed by atoms with Gasteiger partial charge in [-0.1, -0.05) is 6.92 Å². The molecule has 1 nitrogen and oxygen atoms in total. The highest BCUT2D eigenvalue weighted by Crippen LogP contribution is 2.58. The van der Waals surface area contributed by atoms with Crippen LogP contribution in [-0.2, 0) is 0 Å². The zero-order valence-electron chi connectivity index (χ0n) is 6.64. The number of aliphatic hydroxyl groups is 1. The Morgan fingerprint density at radius 3 is 2.70 bits per heavy atom. The molecule has 0 heterocycles. The first-order valence-electron chi connectivity index (χ1n) is 4.35. The van der Waals surface area contributed by atoms with Gasteiger partial charge in [-0.2, -0.15) is 0 Å². The molecule has 0 aromatic carbocycles. The predicted octanol–water partition coefficient (Wildman–Crippen LogP) is 1.80. The van der Waals surface area contributed by atoms with Crippen molar-refractivity contribution in [3.05, 3.63) is 0 Å². The standard InChI is InChI=1S/C9H16O/c1-9-3-2-8(9)4-7(5-9)6-10/h7-8,10H,2-6H2,1H3/t7?,8-,9-/m1/s1. The lowest BCUT2D eigenvalue weighted by Gasteiger charge is -2.42. The van der Waals surface area contributed by atoms with Crippen molar-refractivity contribution in [1.82, 2.24) is 0 Å². The lowest BCUT2D eigenvalue weighted by molar-refractivity contribution is 0.0869. The molecule has 0 spiro atoms. The summed E-state index contributed by atoms with van der Waals surface area (Å²) in [4.78, 5) is 0. The van der Waals surface area contributed by atoms with Crippen molar-refractivity contribution < 1.29 is 5.11 Å². The van der Waals surface area contributed by atoms with E-state index in [1.807, 2.05) is 0 Å². The van der Waals surface area contributed by atoms with E-state index in [0.29, 0.717) is 17.9 Å². The second-order valence-electron chi connectivity index (χ2n) is 4.38. The summed E-state index contributed by atoms with van der Waals surface area (Å²) in [6.45, 7) is 2.81. The van der Waals surface area contributed by atoms with E-state index in [2.05, 4.69) is 6.92 Å². The van der Waals surface area contributed by atoms with Gasteiger partial charge in [0.05, 0.1) is 0 Å². The highest BCUT2D eigenvalue weighted by Gasteiger charge is 2.49. The van der Waals surface area contributed by atoms with Gasteiger partial charge in [0.15, 0.2) is 0 Å². The van der Waals surface area contributed by atoms with Crippen molar-refractivity contribution in [2.45, 2.75) is 32.6 Å². The fourth-order valence-electron chi connectivity index (χ4n) is 2.80. The quantitative estimate of drug-likeness (QED) is 0.589. The van der Waals surface area contributed by atoms with Crippen LogP contribution in [0.4, 0.5) is 0 Å². The van der Waals surface area contributed by atoms with Crippen molar-refractivity contribution in [2.24, 2.45) is 17.3 Å². The van der Waals surface area contributed by atoms with Gasteiger partial charge in [-0.15, -0.1) is 0 Å². The third-order valence-electron chi connectivity index (χ3n) is 3.68. The SMILES string of the molecule is C[C@]12CC[C@@H]1CC(CO)C2. The van der Waals surface area contributed by atoms with E-state index in [0.717, 1.165) is 5.92 Å². The molecule has 0 aliphatic heterocycles. The van der Waals surface area contributed by atoms with Crippen LogP contribution in [0, 0.1) is 17.3 Å². The smallest absolute Gasteiger partial charge is 0.0459 e. The minimum atomic E-state index is 0.423. The molecule has 0 aromatic rings. The number of fused-ring (bicyclic) bond motifs is 1. The van der Waals surface area contributed by atoms with E-state index >= 15 is 0 Å². The molecule has 2 aliphatic carbocycles. The molecular weight excluding hydrogens is 124 g/mol. The second-order valence-corrected chi connectivity index (χ2v) is 4.38. The summed E-state index contributed by atoms with van der Waals surface area (Å²) < 4.78 is 0. The Kier molecular flexibility index (Phi) is 1.31. The Balaban J connectivity index is 2.02. The van der Waals surface area contributed by atoms with E-state index in [9.17, 15) is 0 Å². The summed E-state index contributed by atoms with van der Waals surface area (Å²) in [6, 6.07) is 0. The fourth-order valence-corrected chi connectivity index (χ4v) is 2.80. The van der Waals surface area contributed by atoms with Gasteiger partial charge in [0, 0.05) is 6.61 Å². The van der Waals surface area contributed by atoms with E-state index in [4.69, 9.17) is 5.11 Å². The highest BCUT2D eigenvalue weighted by atomic mass is 16.3. The van der Waals surface area contributed by atoms with E-state index in [1.165, 1.54) is 25.7 Å². The first kappa shape index (κ1) is 6.66. The van der Waals surface area contributed by atoms with Gasteiger partial charge in [0.2, 0.25) is 0 Å². The van der Waals surface area contributed by atoms with Crippen molar-refractivity contribution in [3.63, 3.8) is 0 Å². The maximum absolute atomic E-state index is 8.94. The Bertz CT molecular complexity index is 144. The third kappa shape index (κ3) is 0.731. The maximum Gasteiger partial charge on any atom is 0.0459 e. The summed E-state index contributed by atoms with van der Waals surface area (Å²) in [5.41, 5.74) is 0.646. The summed E-state index contributed by atoms with van der Waals surface area (Å²) in [5.74, 6) is 1.60. The minimum Gasteiger partial charge on any atom is -0.396 e. The number of aliphatic hydroxyl groups excluding tert-OH is 1. The molecule has 0 amide bonds. The van der Waals surface area contributed by atoms with Gasteiger partial charge in [-0.25, -0.2) is 0 Å². The first-order valence-corrected chi connectivity index (χ1v) is 4.35. The summed E-state index contributed by atoms with van der Waals surface area (Å²) >= 11 is 0. The molecule has 2 rings (SSSR count). The van der Waals surface area contributed by atoms with E-state index in [1.54, 1.807) is 0 Å². The summed E-state index contributed by atoms with van der Waals surface area (Å²) in [5, 5.41) is 8.94. The van der Waals surface area contributed by atoms with Gasteiger partial charge in [-0.05, 0) is 42.9 Å². The molecule has 1 heteroatoms. The average molecular weight is 140 g/mol. The van der Waals surface area contributed by atoms with Crippen molar-refractivity contribution in [1.29, 1.82) is 0 Å². The minimum absolute atomic E-state index is 0.423. The van der Waals surface area contributed by atoms with Crippen LogP contribution in [0.2, 0.25) is 0 Å². The third-order valence-corrected chi connectivity index (χ3v) is 3.68. The molecule has 2 aliphatic rings. The molecule has 1 unspecified atom stereocenters. The zero-order chi connectivity index (χ0) is 7.19. The average Bonchev–Trinajstić information content (AvgIpc) is 2.13. The predicted molar refractivity (Wildman–Crippen MR) is 40.6 cm³/mol. The molecule has 3 atom stereocenters. The molecule has 1 N–H and O–H groups in total. The van der Waals surface area contributed by atoms with Crippen LogP contribution >= 0.6 is 0 Å². The molecule has 2 saturated carbocycles. The van der Waals surface area contributed by atoms with Gasteiger partial charge < -0.3 is 5.11 Å². The number of hydrogen-bond acceptors (Lipinski definition) is 1. The van der Waals surface area contributed by atoms with Crippen LogP contribution in [-0.4, -0.2) is 11.7 Å². The van der Waals surface area contributed by atoms with E-state index in [-0.39, 0.29) is 0 Å². The fraction of sp³-hybridized carbons (Fsp3) is 1.00. The van der Waals surface area contributed by atoms with Crippen LogP contribution in [0.1, 0.15) is 32.6 Å². The van der Waals surface area contributed by atoms with Crippen LogP contribution in [0.3, 0.4) is 0 Å². The van der Waals surface area contributed by atoms with Crippen molar-refractivity contribution in [2.75, 3.05) is 6.61 Å². The Hall–Kier alpha value is -0.0400. The van der Waals surface area contributed by atoms with Gasteiger partial charge in [0.25, 0.3) is 0 Å². The first-order chi connectivity index (χ1) is 4.74. The normalized spacial score (nSPS) is 52.2. The van der Waals surface area contributed by atoms with Crippen molar-refractivity contribution >= 4 is 0 Å². The van der Waals surface area contributed by atoms with E-state index < -0.39 is 0 Å². The molecule has 2 fully saturated rings. The molecule has 0 saturated heterocycles. The molecule has 0 aromatic heterocycles. The van der Waals surface area contributed by atoms with Crippen LogP contribution in [0.15, 0.2) is 0 Å². The molecule has 10 heavy (non-hydrogen) atoms. The highest BCUT2D eigenvalue weighted by molar-refractivity contribution is 4.99. The van der Waals surface area contributed by atoms with Crippen LogP contribution < -0.4 is 0 Å². The largest absolute Gasteiger partial charge is 0.396 e. The number of hydrogen-bond donors (Lipinski definition) is 1. The summed E-state index contributed by atoms with van der Waals surface area (Å²) in [6.07, 6.45) is 5.42. The monoisotopic (exact) mass is 140 g/mol. The molecule has 0 bridgehead atoms. The molecule has 0 radical (unpaired) electrons. The molecular formula is C9H16O. The Morgan fingerprint density at radius 2 is 2.40 bits per heavy atom. The molecule has 58 valence electrons. The lowest BCUT2D eigenvalue weighted by atomic mass is 9.63. The second kappa shape index (κ2) is 1.97. The van der Waals surface area contributed by atoms with Gasteiger partial charge >= 0.3 is 0 Å². The van der Waals surface area contributed by atoms with Gasteiger partial charge in [-0.3, -0.25) is 0 Å². The van der Waals surface area contributed by atoms with Gasteiger partial charge in [0.1, 0.15) is 0 Å². The topological polar surface area (TPSA) is 20.2 Å². The Morgan fingerprint density at radius 1 is 1.60 bits per heavy atom. The lowest BCUT2D eigenvalue weighted by Crippen LogP contribution is -2.31. The zero-order valence-corrected chi connectivity index (χ0v) is 6.64. The summed E-state index contributed by atoms with van der Waals surface area (Å²) in [7, 11) is 0. The van der Waals surface area contributed by atoms with Crippen LogP contribution in [0.25, 0.3) is 0 Å². The van der Waals surface area contributed by atoms with Crippen LogP contribution in [0.5, 0.6) is 0 Å². The van der Waals surface area contributed by atoms with Crippen molar-refractivity contribution in [3.8, 4) is 0 Å². The maximum atomic E-state index is 8.94.